The highest BCUT2D eigenvalue weighted by Gasteiger charge is 2.17. The third-order valence-corrected chi connectivity index (χ3v) is 2.30. The summed E-state index contributed by atoms with van der Waals surface area (Å²) in [7, 11) is 0. The van der Waals surface area contributed by atoms with Gasteiger partial charge < -0.3 is 24.8 Å². The SMILES string of the molecule is O=C(O)c1cc(C(=O)OCCO)cc(C(=O)OCCO)c1. The minimum absolute atomic E-state index is 0.153. The fourth-order valence-electron chi connectivity index (χ4n) is 1.43. The first-order chi connectivity index (χ1) is 9.99. The molecule has 1 aromatic carbocycles. The fourth-order valence-corrected chi connectivity index (χ4v) is 1.43. The quantitative estimate of drug-likeness (QED) is 0.584. The van der Waals surface area contributed by atoms with Crippen LogP contribution in [0.25, 0.3) is 0 Å². The van der Waals surface area contributed by atoms with Crippen LogP contribution in [0.3, 0.4) is 0 Å². The lowest BCUT2D eigenvalue weighted by atomic mass is 10.1. The maximum atomic E-state index is 11.6. The Morgan fingerprint density at radius 3 is 1.52 bits per heavy atom. The van der Waals surface area contributed by atoms with Gasteiger partial charge in [-0.15, -0.1) is 0 Å². The van der Waals surface area contributed by atoms with Crippen LogP contribution in [0, 0.1) is 0 Å². The lowest BCUT2D eigenvalue weighted by Crippen LogP contribution is -2.14. The molecule has 0 aromatic heterocycles. The van der Waals surface area contributed by atoms with Gasteiger partial charge in [0.25, 0.3) is 0 Å². The van der Waals surface area contributed by atoms with Crippen molar-refractivity contribution >= 4 is 17.9 Å². The number of aliphatic hydroxyl groups is 2. The zero-order valence-electron chi connectivity index (χ0n) is 10.9. The number of hydrogen-bond donors (Lipinski definition) is 3. The summed E-state index contributed by atoms with van der Waals surface area (Å²) in [6.45, 7) is -1.26. The van der Waals surface area contributed by atoms with Crippen molar-refractivity contribution in [2.24, 2.45) is 0 Å². The van der Waals surface area contributed by atoms with Crippen LogP contribution in [-0.4, -0.2) is 59.7 Å². The molecular formula is C13H14O8. The van der Waals surface area contributed by atoms with Crippen molar-refractivity contribution in [1.82, 2.24) is 0 Å². The van der Waals surface area contributed by atoms with Gasteiger partial charge in [-0.25, -0.2) is 14.4 Å². The van der Waals surface area contributed by atoms with Crippen LogP contribution in [0.15, 0.2) is 18.2 Å². The van der Waals surface area contributed by atoms with Crippen LogP contribution in [0.2, 0.25) is 0 Å². The number of hydrogen-bond acceptors (Lipinski definition) is 7. The van der Waals surface area contributed by atoms with Gasteiger partial charge >= 0.3 is 17.9 Å². The normalized spacial score (nSPS) is 10.0. The summed E-state index contributed by atoms with van der Waals surface area (Å²) in [5.41, 5.74) is -0.594. The lowest BCUT2D eigenvalue weighted by Gasteiger charge is -2.07. The van der Waals surface area contributed by atoms with Crippen LogP contribution in [0.1, 0.15) is 31.1 Å². The van der Waals surface area contributed by atoms with Crippen molar-refractivity contribution in [2.45, 2.75) is 0 Å². The fraction of sp³-hybridized carbons (Fsp3) is 0.308. The number of aromatic carboxylic acids is 1. The summed E-state index contributed by atoms with van der Waals surface area (Å²) in [5.74, 6) is -3.07. The zero-order valence-corrected chi connectivity index (χ0v) is 10.9. The average Bonchev–Trinajstić information content (AvgIpc) is 2.49. The molecule has 0 unspecified atom stereocenters. The molecule has 8 nitrogen and oxygen atoms in total. The molecule has 0 heterocycles. The molecule has 0 amide bonds. The third-order valence-electron chi connectivity index (χ3n) is 2.30. The maximum absolute atomic E-state index is 11.6. The molecule has 21 heavy (non-hydrogen) atoms. The van der Waals surface area contributed by atoms with Crippen LogP contribution in [0.4, 0.5) is 0 Å². The highest BCUT2D eigenvalue weighted by Crippen LogP contribution is 2.13. The van der Waals surface area contributed by atoms with Gasteiger partial charge in [0.15, 0.2) is 0 Å². The molecule has 0 radical (unpaired) electrons. The van der Waals surface area contributed by atoms with E-state index in [1.54, 1.807) is 0 Å². The highest BCUT2D eigenvalue weighted by atomic mass is 16.5. The Morgan fingerprint density at radius 1 is 0.810 bits per heavy atom. The molecule has 0 aliphatic heterocycles. The Morgan fingerprint density at radius 2 is 1.19 bits per heavy atom. The molecule has 0 atom stereocenters. The lowest BCUT2D eigenvalue weighted by molar-refractivity contribution is 0.0430. The van der Waals surface area contributed by atoms with E-state index in [0.717, 1.165) is 18.2 Å². The van der Waals surface area contributed by atoms with E-state index in [-0.39, 0.29) is 43.1 Å². The van der Waals surface area contributed by atoms with Gasteiger partial charge in [-0.05, 0) is 18.2 Å². The molecule has 1 rings (SSSR count). The molecule has 8 heteroatoms. The number of carbonyl (C=O) groups excluding carboxylic acids is 2. The van der Waals surface area contributed by atoms with E-state index in [9.17, 15) is 14.4 Å². The first-order valence-electron chi connectivity index (χ1n) is 5.94. The standard InChI is InChI=1S/C13H14O8/c14-1-3-20-12(18)9-5-8(11(16)17)6-10(7-9)13(19)21-4-2-15/h5-7,14-15H,1-4H2,(H,16,17). The number of rotatable bonds is 7. The molecular weight excluding hydrogens is 284 g/mol. The smallest absolute Gasteiger partial charge is 0.338 e. The summed E-state index contributed by atoms with van der Waals surface area (Å²) in [6.07, 6.45) is 0. The molecule has 0 fully saturated rings. The maximum Gasteiger partial charge on any atom is 0.338 e. The second-order valence-corrected chi connectivity index (χ2v) is 3.82. The third kappa shape index (κ3) is 4.86. The first kappa shape index (κ1) is 16.6. The summed E-state index contributed by atoms with van der Waals surface area (Å²) in [4.78, 5) is 34.3. The number of carboxylic acids is 1. The number of carboxylic acid groups (broad SMARTS) is 1. The highest BCUT2D eigenvalue weighted by molar-refractivity contribution is 6.00. The van der Waals surface area contributed by atoms with Crippen molar-refractivity contribution in [3.8, 4) is 0 Å². The van der Waals surface area contributed by atoms with Crippen molar-refractivity contribution in [3.05, 3.63) is 34.9 Å². The van der Waals surface area contributed by atoms with Gasteiger partial charge in [-0.2, -0.15) is 0 Å². The number of benzene rings is 1. The van der Waals surface area contributed by atoms with Crippen LogP contribution in [-0.2, 0) is 9.47 Å². The van der Waals surface area contributed by atoms with E-state index in [0.29, 0.717) is 0 Å². The molecule has 0 spiro atoms. The molecule has 0 aliphatic carbocycles. The van der Waals surface area contributed by atoms with Gasteiger partial charge in [0.2, 0.25) is 0 Å². The largest absolute Gasteiger partial charge is 0.478 e. The van der Waals surface area contributed by atoms with Gasteiger partial charge in [0.1, 0.15) is 13.2 Å². The second kappa shape index (κ2) is 7.98. The van der Waals surface area contributed by atoms with E-state index >= 15 is 0 Å². The van der Waals surface area contributed by atoms with Crippen molar-refractivity contribution in [2.75, 3.05) is 26.4 Å². The van der Waals surface area contributed by atoms with Crippen LogP contribution >= 0.6 is 0 Å². The molecule has 3 N–H and O–H groups in total. The monoisotopic (exact) mass is 298 g/mol. The van der Waals surface area contributed by atoms with E-state index < -0.39 is 17.9 Å². The summed E-state index contributed by atoms with van der Waals surface area (Å²) < 4.78 is 9.31. The number of ether oxygens (including phenoxy) is 2. The number of carbonyl (C=O) groups is 3. The molecule has 1 aromatic rings. The predicted molar refractivity (Wildman–Crippen MR) is 68.1 cm³/mol. The average molecular weight is 298 g/mol. The van der Waals surface area contributed by atoms with Crippen molar-refractivity contribution in [3.63, 3.8) is 0 Å². The summed E-state index contributed by atoms with van der Waals surface area (Å²) in [6, 6.07) is 3.21. The Balaban J connectivity index is 3.08. The number of aliphatic hydroxyl groups excluding tert-OH is 2. The predicted octanol–water partition coefficient (Wildman–Crippen LogP) is -0.317. The molecule has 0 aliphatic rings. The molecule has 114 valence electrons. The van der Waals surface area contributed by atoms with Gasteiger partial charge in [0.05, 0.1) is 29.9 Å². The van der Waals surface area contributed by atoms with Crippen molar-refractivity contribution < 1.29 is 39.2 Å². The van der Waals surface area contributed by atoms with E-state index in [1.165, 1.54) is 0 Å². The molecule has 0 bridgehead atoms. The second-order valence-electron chi connectivity index (χ2n) is 3.82. The Bertz CT molecular complexity index is 499. The molecule has 0 saturated heterocycles. The van der Waals surface area contributed by atoms with Gasteiger partial charge in [0, 0.05) is 0 Å². The Labute approximate surface area is 119 Å². The number of esters is 2. The van der Waals surface area contributed by atoms with E-state index in [2.05, 4.69) is 9.47 Å². The molecule has 0 saturated carbocycles. The minimum Gasteiger partial charge on any atom is -0.478 e. The van der Waals surface area contributed by atoms with Gasteiger partial charge in [-0.3, -0.25) is 0 Å². The van der Waals surface area contributed by atoms with Gasteiger partial charge in [-0.1, -0.05) is 0 Å². The van der Waals surface area contributed by atoms with Crippen LogP contribution < -0.4 is 0 Å². The van der Waals surface area contributed by atoms with Crippen molar-refractivity contribution in [1.29, 1.82) is 0 Å². The minimum atomic E-state index is -1.33. The topological polar surface area (TPSA) is 130 Å². The summed E-state index contributed by atoms with van der Waals surface area (Å²) >= 11 is 0. The van der Waals surface area contributed by atoms with E-state index in [1.807, 2.05) is 0 Å². The Hall–Kier alpha value is -2.45. The zero-order chi connectivity index (χ0) is 15.8. The van der Waals surface area contributed by atoms with E-state index in [4.69, 9.17) is 15.3 Å². The van der Waals surface area contributed by atoms with Crippen LogP contribution in [0.5, 0.6) is 0 Å². The Kier molecular flexibility index (Phi) is 6.31. The first-order valence-corrected chi connectivity index (χ1v) is 5.94. The summed E-state index contributed by atoms with van der Waals surface area (Å²) in [5, 5.41) is 26.1.